The molecule has 2 aromatic carbocycles. The lowest BCUT2D eigenvalue weighted by Crippen LogP contribution is -2.46. The van der Waals surface area contributed by atoms with Crippen LogP contribution in [0.15, 0.2) is 46.9 Å². The summed E-state index contributed by atoms with van der Waals surface area (Å²) >= 11 is 3.39. The van der Waals surface area contributed by atoms with Crippen LogP contribution in [-0.2, 0) is 0 Å². The van der Waals surface area contributed by atoms with Gasteiger partial charge in [0.2, 0.25) is 0 Å². The summed E-state index contributed by atoms with van der Waals surface area (Å²) in [4.78, 5) is 14.8. The molecule has 1 N–H and O–H groups in total. The molecule has 0 aliphatic heterocycles. The molecule has 2 aromatic rings. The van der Waals surface area contributed by atoms with Crippen LogP contribution in [0.4, 0.5) is 5.69 Å². The number of halogens is 1. The Bertz CT molecular complexity index is 800. The van der Waals surface area contributed by atoms with Crippen molar-refractivity contribution in [3.63, 3.8) is 0 Å². The molecular weight excluding hydrogens is 420 g/mol. The maximum atomic E-state index is 12.5. The van der Waals surface area contributed by atoms with Crippen LogP contribution in [0, 0.1) is 0 Å². The minimum Gasteiger partial charge on any atom is -0.493 e. The summed E-state index contributed by atoms with van der Waals surface area (Å²) in [6.45, 7) is 10.6. The van der Waals surface area contributed by atoms with Crippen LogP contribution in [0.3, 0.4) is 0 Å². The molecule has 152 valence electrons. The van der Waals surface area contributed by atoms with Crippen molar-refractivity contribution >= 4 is 27.5 Å². The van der Waals surface area contributed by atoms with Crippen molar-refractivity contribution in [3.8, 4) is 11.5 Å². The average molecular weight is 449 g/mol. The van der Waals surface area contributed by atoms with E-state index < -0.39 is 0 Å². The fourth-order valence-corrected chi connectivity index (χ4v) is 3.76. The highest BCUT2D eigenvalue weighted by Crippen LogP contribution is 2.32. The Morgan fingerprint density at radius 1 is 1.00 bits per heavy atom. The molecule has 0 aliphatic carbocycles. The third kappa shape index (κ3) is 5.72. The molecule has 0 fully saturated rings. The zero-order valence-corrected chi connectivity index (χ0v) is 18.9. The molecule has 6 heteroatoms. The van der Waals surface area contributed by atoms with Crippen LogP contribution in [0.1, 0.15) is 45.0 Å². The third-order valence-corrected chi connectivity index (χ3v) is 4.91. The maximum absolute atomic E-state index is 12.5. The number of hydrogen-bond donors (Lipinski definition) is 1. The van der Waals surface area contributed by atoms with Crippen molar-refractivity contribution in [1.82, 2.24) is 4.90 Å². The fourth-order valence-electron chi connectivity index (χ4n) is 3.36. The van der Waals surface area contributed by atoms with Gasteiger partial charge in [0, 0.05) is 33.9 Å². The molecule has 0 heterocycles. The first kappa shape index (κ1) is 22.2. The molecule has 0 saturated heterocycles. The highest BCUT2D eigenvalue weighted by atomic mass is 79.9. The number of hydrogen-bond acceptors (Lipinski definition) is 4. The Morgan fingerprint density at radius 2 is 1.68 bits per heavy atom. The number of nitrogens with zero attached hydrogens (tertiary/aromatic N) is 1. The minimum absolute atomic E-state index is 0.148. The Kier molecular flexibility index (Phi) is 7.89. The van der Waals surface area contributed by atoms with Gasteiger partial charge in [-0.3, -0.25) is 9.69 Å². The van der Waals surface area contributed by atoms with Gasteiger partial charge in [-0.25, -0.2) is 0 Å². The molecule has 5 nitrogen and oxygen atoms in total. The van der Waals surface area contributed by atoms with Crippen LogP contribution in [-0.4, -0.2) is 36.2 Å². The van der Waals surface area contributed by atoms with Crippen LogP contribution in [0.5, 0.6) is 11.5 Å². The highest BCUT2D eigenvalue weighted by molar-refractivity contribution is 9.10. The molecule has 1 unspecified atom stereocenters. The monoisotopic (exact) mass is 448 g/mol. The highest BCUT2D eigenvalue weighted by Gasteiger charge is 2.23. The number of carbonyl (C=O) groups excluding carboxylic acids is 1. The Hall–Kier alpha value is -2.05. The molecule has 28 heavy (non-hydrogen) atoms. The van der Waals surface area contributed by atoms with E-state index in [1.54, 1.807) is 37.4 Å². The van der Waals surface area contributed by atoms with Gasteiger partial charge >= 0.3 is 0 Å². The van der Waals surface area contributed by atoms with E-state index in [4.69, 9.17) is 9.47 Å². The number of nitrogens with one attached hydrogen (secondary N) is 1. The second-order valence-corrected chi connectivity index (χ2v) is 8.10. The van der Waals surface area contributed by atoms with Gasteiger partial charge in [-0.15, -0.1) is 0 Å². The van der Waals surface area contributed by atoms with Crippen LogP contribution < -0.4 is 14.8 Å². The van der Waals surface area contributed by atoms with Crippen molar-refractivity contribution in [2.75, 3.05) is 12.4 Å². The van der Waals surface area contributed by atoms with Gasteiger partial charge in [-0.05, 0) is 65.0 Å². The summed E-state index contributed by atoms with van der Waals surface area (Å²) in [6.07, 6.45) is -0.148. The predicted octanol–water partition coefficient (Wildman–Crippen LogP) is 5.55. The molecule has 0 aliphatic rings. The number of anilines is 1. The second-order valence-electron chi connectivity index (χ2n) is 7.18. The van der Waals surface area contributed by atoms with E-state index in [0.717, 1.165) is 4.47 Å². The number of amides is 1. The van der Waals surface area contributed by atoms with E-state index in [9.17, 15) is 4.79 Å². The zero-order chi connectivity index (χ0) is 20.8. The second kappa shape index (κ2) is 9.94. The van der Waals surface area contributed by atoms with Gasteiger partial charge in [0.15, 0.2) is 11.5 Å². The lowest BCUT2D eigenvalue weighted by Gasteiger charge is -2.36. The summed E-state index contributed by atoms with van der Waals surface area (Å²) in [5, 5.41) is 2.92. The Balaban J connectivity index is 2.22. The van der Waals surface area contributed by atoms with E-state index in [0.29, 0.717) is 34.8 Å². The standard InChI is InChI=1S/C22H29BrN2O3/c1-14(2)25(15(3)4)16(5)28-21-13-19(10-11-20(21)27-6)24-22(26)17-8-7-9-18(23)12-17/h7-16H,1-6H3,(H,24,26). The quantitative estimate of drug-likeness (QED) is 0.537. The predicted molar refractivity (Wildman–Crippen MR) is 117 cm³/mol. The molecule has 1 atom stereocenters. The fraction of sp³-hybridized carbons (Fsp3) is 0.409. The van der Waals surface area contributed by atoms with Crippen molar-refractivity contribution in [1.29, 1.82) is 0 Å². The first-order valence-electron chi connectivity index (χ1n) is 9.42. The SMILES string of the molecule is COc1ccc(NC(=O)c2cccc(Br)c2)cc1OC(C)N(C(C)C)C(C)C. The first-order chi connectivity index (χ1) is 13.2. The normalized spacial score (nSPS) is 12.4. The van der Waals surface area contributed by atoms with Gasteiger partial charge < -0.3 is 14.8 Å². The molecule has 0 bridgehead atoms. The van der Waals surface area contributed by atoms with E-state index in [2.05, 4.69) is 53.8 Å². The van der Waals surface area contributed by atoms with Crippen LogP contribution in [0.2, 0.25) is 0 Å². The maximum Gasteiger partial charge on any atom is 0.255 e. The molecule has 0 radical (unpaired) electrons. The minimum atomic E-state index is -0.184. The van der Waals surface area contributed by atoms with Gasteiger partial charge in [0.25, 0.3) is 5.91 Å². The van der Waals surface area contributed by atoms with Crippen molar-refractivity contribution in [2.24, 2.45) is 0 Å². The van der Waals surface area contributed by atoms with E-state index in [1.165, 1.54) is 0 Å². The lowest BCUT2D eigenvalue weighted by atomic mass is 10.2. The lowest BCUT2D eigenvalue weighted by molar-refractivity contribution is -0.00690. The van der Waals surface area contributed by atoms with Gasteiger partial charge in [0.1, 0.15) is 6.23 Å². The number of ether oxygens (including phenoxy) is 2. The van der Waals surface area contributed by atoms with Gasteiger partial charge in [0.05, 0.1) is 7.11 Å². The van der Waals surface area contributed by atoms with Gasteiger partial charge in [-0.1, -0.05) is 22.0 Å². The third-order valence-electron chi connectivity index (χ3n) is 4.42. The number of benzene rings is 2. The molecular formula is C22H29BrN2O3. The Labute approximate surface area is 176 Å². The summed E-state index contributed by atoms with van der Waals surface area (Å²) in [5.74, 6) is 1.03. The van der Waals surface area contributed by atoms with E-state index in [1.807, 2.05) is 19.1 Å². The van der Waals surface area contributed by atoms with Crippen LogP contribution in [0.25, 0.3) is 0 Å². The molecule has 0 saturated carbocycles. The largest absolute Gasteiger partial charge is 0.493 e. The number of methoxy groups -OCH3 is 1. The molecule has 0 aromatic heterocycles. The van der Waals surface area contributed by atoms with E-state index in [-0.39, 0.29) is 12.1 Å². The topological polar surface area (TPSA) is 50.8 Å². The number of rotatable bonds is 8. The summed E-state index contributed by atoms with van der Waals surface area (Å²) < 4.78 is 12.5. The summed E-state index contributed by atoms with van der Waals surface area (Å²) in [6, 6.07) is 13.3. The molecule has 1 amide bonds. The first-order valence-corrected chi connectivity index (χ1v) is 10.2. The summed E-state index contributed by atoms with van der Waals surface area (Å²) in [7, 11) is 1.61. The summed E-state index contributed by atoms with van der Waals surface area (Å²) in [5.41, 5.74) is 1.22. The van der Waals surface area contributed by atoms with Crippen molar-refractivity contribution in [2.45, 2.75) is 52.9 Å². The van der Waals surface area contributed by atoms with Crippen molar-refractivity contribution in [3.05, 3.63) is 52.5 Å². The Morgan fingerprint density at radius 3 is 2.25 bits per heavy atom. The average Bonchev–Trinajstić information content (AvgIpc) is 2.61. The smallest absolute Gasteiger partial charge is 0.255 e. The molecule has 0 spiro atoms. The molecule has 2 rings (SSSR count). The van der Waals surface area contributed by atoms with Gasteiger partial charge in [-0.2, -0.15) is 0 Å². The number of carbonyl (C=O) groups is 1. The zero-order valence-electron chi connectivity index (χ0n) is 17.3. The van der Waals surface area contributed by atoms with Crippen molar-refractivity contribution < 1.29 is 14.3 Å². The van der Waals surface area contributed by atoms with E-state index >= 15 is 0 Å². The van der Waals surface area contributed by atoms with Crippen LogP contribution >= 0.6 is 15.9 Å².